The molecule has 0 saturated heterocycles. The monoisotopic (exact) mass is 427 g/mol. The van der Waals surface area contributed by atoms with Crippen molar-refractivity contribution in [2.24, 2.45) is 0 Å². The van der Waals surface area contributed by atoms with Gasteiger partial charge in [-0.3, -0.25) is 10.1 Å². The summed E-state index contributed by atoms with van der Waals surface area (Å²) in [4.78, 5) is 23.5. The number of carbonyl (C=O) groups is 1. The minimum atomic E-state index is -0.185. The van der Waals surface area contributed by atoms with Crippen molar-refractivity contribution in [3.8, 4) is 26.9 Å². The number of ether oxygens (including phenoxy) is 1. The molecule has 5 nitrogen and oxygen atoms in total. The van der Waals surface area contributed by atoms with Crippen LogP contribution in [0.15, 0.2) is 41.1 Å². The molecule has 0 atom stereocenters. The van der Waals surface area contributed by atoms with E-state index in [4.69, 9.17) is 4.74 Å². The lowest BCUT2D eigenvalue weighted by atomic mass is 10.1. The Balaban J connectivity index is 1.56. The summed E-state index contributed by atoms with van der Waals surface area (Å²) in [6.07, 6.45) is 0. The molecule has 4 aromatic rings. The van der Waals surface area contributed by atoms with Gasteiger partial charge in [-0.15, -0.1) is 34.0 Å². The molecule has 4 rings (SSSR count). The highest BCUT2D eigenvalue weighted by atomic mass is 32.1. The van der Waals surface area contributed by atoms with Crippen molar-refractivity contribution in [2.45, 2.75) is 13.8 Å². The van der Waals surface area contributed by atoms with Crippen LogP contribution >= 0.6 is 34.0 Å². The minimum absolute atomic E-state index is 0.185. The van der Waals surface area contributed by atoms with Crippen LogP contribution in [-0.4, -0.2) is 23.0 Å². The molecule has 0 aliphatic heterocycles. The molecule has 142 valence electrons. The number of methoxy groups -OCH3 is 1. The van der Waals surface area contributed by atoms with E-state index in [9.17, 15) is 4.79 Å². The number of aryl methyl sites for hydroxylation is 2. The minimum Gasteiger partial charge on any atom is -0.496 e. The van der Waals surface area contributed by atoms with Gasteiger partial charge in [-0.25, -0.2) is 9.97 Å². The Morgan fingerprint density at radius 1 is 1.14 bits per heavy atom. The molecule has 0 bridgehead atoms. The second-order valence-electron chi connectivity index (χ2n) is 6.11. The summed E-state index contributed by atoms with van der Waals surface area (Å²) >= 11 is 4.40. The third kappa shape index (κ3) is 3.71. The summed E-state index contributed by atoms with van der Waals surface area (Å²) in [6.45, 7) is 3.88. The number of aromatic nitrogens is 2. The molecule has 3 heterocycles. The second-order valence-corrected chi connectivity index (χ2v) is 8.91. The molecule has 0 saturated carbocycles. The van der Waals surface area contributed by atoms with E-state index < -0.39 is 0 Å². The first kappa shape index (κ1) is 18.8. The zero-order chi connectivity index (χ0) is 19.7. The van der Waals surface area contributed by atoms with E-state index in [0.29, 0.717) is 10.0 Å². The third-order valence-corrected chi connectivity index (χ3v) is 7.04. The molecule has 0 unspecified atom stereocenters. The Hall–Kier alpha value is -2.55. The summed E-state index contributed by atoms with van der Waals surface area (Å²) in [5.41, 5.74) is 3.54. The average molecular weight is 428 g/mol. The summed E-state index contributed by atoms with van der Waals surface area (Å²) in [5, 5.41) is 8.24. The van der Waals surface area contributed by atoms with Crippen LogP contribution in [0, 0.1) is 13.8 Å². The van der Waals surface area contributed by atoms with Crippen LogP contribution in [0.4, 0.5) is 5.13 Å². The second kappa shape index (κ2) is 7.83. The first-order valence-electron chi connectivity index (χ1n) is 8.48. The number of benzene rings is 1. The van der Waals surface area contributed by atoms with Crippen LogP contribution in [-0.2, 0) is 0 Å². The van der Waals surface area contributed by atoms with Gasteiger partial charge < -0.3 is 4.74 Å². The number of hydrogen-bond donors (Lipinski definition) is 1. The number of carbonyl (C=O) groups excluding carboxylic acids is 1. The highest BCUT2D eigenvalue weighted by Gasteiger charge is 2.18. The molecule has 0 aliphatic carbocycles. The molecule has 8 heteroatoms. The van der Waals surface area contributed by atoms with E-state index in [1.54, 1.807) is 18.4 Å². The van der Waals surface area contributed by atoms with Crippen molar-refractivity contribution in [2.75, 3.05) is 12.4 Å². The Morgan fingerprint density at radius 2 is 2.00 bits per heavy atom. The SMILES string of the molecule is COc1ccc(C)cc1-c1csc(NC(=O)c2sc(-c3cccs3)nc2C)n1. The molecular weight excluding hydrogens is 410 g/mol. The molecule has 1 N–H and O–H groups in total. The largest absolute Gasteiger partial charge is 0.496 e. The first-order valence-corrected chi connectivity index (χ1v) is 11.1. The van der Waals surface area contributed by atoms with E-state index >= 15 is 0 Å². The van der Waals surface area contributed by atoms with Gasteiger partial charge in [0.05, 0.1) is 23.4 Å². The molecule has 3 aromatic heterocycles. The maximum atomic E-state index is 12.7. The van der Waals surface area contributed by atoms with Gasteiger partial charge in [-0.1, -0.05) is 17.7 Å². The van der Waals surface area contributed by atoms with Gasteiger partial charge in [0.25, 0.3) is 5.91 Å². The number of rotatable bonds is 5. The van der Waals surface area contributed by atoms with Gasteiger partial charge in [0.1, 0.15) is 15.6 Å². The van der Waals surface area contributed by atoms with Crippen LogP contribution in [0.25, 0.3) is 21.1 Å². The van der Waals surface area contributed by atoms with Crippen LogP contribution in [0.1, 0.15) is 20.9 Å². The normalized spacial score (nSPS) is 10.8. The Bertz CT molecular complexity index is 1130. The lowest BCUT2D eigenvalue weighted by molar-refractivity contribution is 0.103. The number of amides is 1. The molecule has 0 fully saturated rings. The molecule has 1 aromatic carbocycles. The molecule has 28 heavy (non-hydrogen) atoms. The predicted octanol–water partition coefficient (Wildman–Crippen LogP) is 5.87. The van der Waals surface area contributed by atoms with Crippen LogP contribution in [0.5, 0.6) is 5.75 Å². The fraction of sp³-hybridized carbons (Fsp3) is 0.150. The Morgan fingerprint density at radius 3 is 2.75 bits per heavy atom. The number of hydrogen-bond acceptors (Lipinski definition) is 7. The number of nitrogens with one attached hydrogen (secondary N) is 1. The van der Waals surface area contributed by atoms with Crippen molar-refractivity contribution in [1.82, 2.24) is 9.97 Å². The molecule has 0 aliphatic rings. The molecular formula is C20H17N3O2S3. The number of thiazole rings is 2. The average Bonchev–Trinajstić information content (AvgIpc) is 3.42. The molecule has 1 amide bonds. The smallest absolute Gasteiger partial charge is 0.269 e. The van der Waals surface area contributed by atoms with Crippen molar-refractivity contribution in [1.29, 1.82) is 0 Å². The van der Waals surface area contributed by atoms with Gasteiger partial charge in [0, 0.05) is 10.9 Å². The molecule has 0 spiro atoms. The van der Waals surface area contributed by atoms with E-state index in [2.05, 4.69) is 15.3 Å². The maximum Gasteiger partial charge on any atom is 0.269 e. The summed E-state index contributed by atoms with van der Waals surface area (Å²) < 4.78 is 5.44. The van der Waals surface area contributed by atoms with Gasteiger partial charge in [-0.2, -0.15) is 0 Å². The Labute approximate surface area is 174 Å². The topological polar surface area (TPSA) is 64.1 Å². The summed E-state index contributed by atoms with van der Waals surface area (Å²) in [6, 6.07) is 9.93. The van der Waals surface area contributed by atoms with Gasteiger partial charge in [0.15, 0.2) is 5.13 Å². The molecule has 0 radical (unpaired) electrons. The maximum absolute atomic E-state index is 12.7. The van der Waals surface area contributed by atoms with Gasteiger partial charge in [-0.05, 0) is 37.4 Å². The highest BCUT2D eigenvalue weighted by molar-refractivity contribution is 7.22. The standard InChI is InChI=1S/C20H17N3O2S3/c1-11-6-7-15(25-3)13(9-11)14-10-27-20(22-14)23-18(24)17-12(2)21-19(28-17)16-5-4-8-26-16/h4-10H,1-3H3,(H,22,23,24). The van der Waals surface area contributed by atoms with Crippen LogP contribution < -0.4 is 10.1 Å². The van der Waals surface area contributed by atoms with Crippen molar-refractivity contribution >= 4 is 45.0 Å². The van der Waals surface area contributed by atoms with E-state index in [0.717, 1.165) is 38.1 Å². The highest BCUT2D eigenvalue weighted by Crippen LogP contribution is 2.34. The van der Waals surface area contributed by atoms with Crippen LogP contribution in [0.2, 0.25) is 0 Å². The van der Waals surface area contributed by atoms with Crippen molar-refractivity contribution in [3.05, 3.63) is 57.2 Å². The summed E-state index contributed by atoms with van der Waals surface area (Å²) in [5.74, 6) is 0.572. The zero-order valence-electron chi connectivity index (χ0n) is 15.5. The lowest BCUT2D eigenvalue weighted by Crippen LogP contribution is -2.11. The number of thiophene rings is 1. The summed E-state index contributed by atoms with van der Waals surface area (Å²) in [7, 11) is 1.64. The van der Waals surface area contributed by atoms with Gasteiger partial charge in [0.2, 0.25) is 0 Å². The van der Waals surface area contributed by atoms with Crippen molar-refractivity contribution < 1.29 is 9.53 Å². The first-order chi connectivity index (χ1) is 13.5. The zero-order valence-corrected chi connectivity index (χ0v) is 17.9. The number of anilines is 1. The fourth-order valence-corrected chi connectivity index (χ4v) is 5.21. The Kier molecular flexibility index (Phi) is 5.25. The number of nitrogens with zero attached hydrogens (tertiary/aromatic N) is 2. The third-order valence-electron chi connectivity index (χ3n) is 4.09. The quantitative estimate of drug-likeness (QED) is 0.432. The van der Waals surface area contributed by atoms with Crippen LogP contribution in [0.3, 0.4) is 0 Å². The van der Waals surface area contributed by atoms with Gasteiger partial charge >= 0.3 is 0 Å². The van der Waals surface area contributed by atoms with E-state index in [1.807, 2.05) is 54.9 Å². The fourth-order valence-electron chi connectivity index (χ4n) is 2.74. The van der Waals surface area contributed by atoms with E-state index in [-0.39, 0.29) is 5.91 Å². The van der Waals surface area contributed by atoms with Crippen molar-refractivity contribution in [3.63, 3.8) is 0 Å². The lowest BCUT2D eigenvalue weighted by Gasteiger charge is -2.07. The van der Waals surface area contributed by atoms with E-state index in [1.165, 1.54) is 22.7 Å². The predicted molar refractivity (Wildman–Crippen MR) is 117 cm³/mol.